The van der Waals surface area contributed by atoms with Crippen molar-refractivity contribution in [2.45, 2.75) is 13.8 Å². The summed E-state index contributed by atoms with van der Waals surface area (Å²) in [7, 11) is 0. The van der Waals surface area contributed by atoms with Crippen molar-refractivity contribution < 1.29 is 19.1 Å². The average Bonchev–Trinajstić information content (AvgIpc) is 2.61. The van der Waals surface area contributed by atoms with E-state index in [1.807, 2.05) is 13.8 Å². The van der Waals surface area contributed by atoms with Gasteiger partial charge in [-0.25, -0.2) is 0 Å². The first-order valence-electron chi connectivity index (χ1n) is 8.00. The molecule has 0 saturated carbocycles. The molecule has 0 spiro atoms. The quantitative estimate of drug-likeness (QED) is 0.831. The highest BCUT2D eigenvalue weighted by Gasteiger charge is 2.22. The second-order valence-corrected chi connectivity index (χ2v) is 6.46. The molecule has 130 valence electrons. The number of anilines is 1. The maximum atomic E-state index is 12.5. The molecule has 3 rings (SSSR count). The first-order chi connectivity index (χ1) is 12.0. The van der Waals surface area contributed by atoms with Gasteiger partial charge in [-0.2, -0.15) is 0 Å². The number of hydrogen-bond acceptors (Lipinski definition) is 4. The minimum atomic E-state index is -0.328. The fourth-order valence-electron chi connectivity index (χ4n) is 2.50. The van der Waals surface area contributed by atoms with E-state index in [0.717, 1.165) is 0 Å². The molecule has 6 heteroatoms. The second kappa shape index (κ2) is 7.15. The predicted molar refractivity (Wildman–Crippen MR) is 96.0 cm³/mol. The number of hydrogen-bond donors (Lipinski definition) is 1. The maximum Gasteiger partial charge on any atom is 0.255 e. The first kappa shape index (κ1) is 17.3. The molecule has 0 radical (unpaired) electrons. The zero-order valence-corrected chi connectivity index (χ0v) is 14.7. The monoisotopic (exact) mass is 359 g/mol. The predicted octanol–water partition coefficient (Wildman–Crippen LogP) is 4.20. The van der Waals surface area contributed by atoms with Crippen LogP contribution in [0.1, 0.15) is 34.6 Å². The number of carbonyl (C=O) groups is 2. The minimum absolute atomic E-state index is 0.0802. The van der Waals surface area contributed by atoms with Crippen molar-refractivity contribution in [2.75, 3.05) is 18.5 Å². The first-order valence-corrected chi connectivity index (χ1v) is 8.38. The molecule has 0 atom stereocenters. The number of rotatable bonds is 4. The van der Waals surface area contributed by atoms with Gasteiger partial charge in [0.2, 0.25) is 0 Å². The fourth-order valence-corrected chi connectivity index (χ4v) is 2.63. The minimum Gasteiger partial charge on any atom is -0.486 e. The van der Waals surface area contributed by atoms with Gasteiger partial charge in [0.1, 0.15) is 13.2 Å². The number of ketones is 1. The Kier molecular flexibility index (Phi) is 4.95. The lowest BCUT2D eigenvalue weighted by molar-refractivity contribution is 0.0939. The van der Waals surface area contributed by atoms with Gasteiger partial charge in [-0.15, -0.1) is 0 Å². The summed E-state index contributed by atoms with van der Waals surface area (Å²) in [6.07, 6.45) is 0. The van der Waals surface area contributed by atoms with Crippen LogP contribution in [-0.4, -0.2) is 24.9 Å². The molecular formula is C19H18ClNO4. The topological polar surface area (TPSA) is 64.6 Å². The van der Waals surface area contributed by atoms with Crippen LogP contribution in [0.4, 0.5) is 5.69 Å². The molecule has 2 aromatic rings. The summed E-state index contributed by atoms with van der Waals surface area (Å²) in [5.41, 5.74) is 1.26. The van der Waals surface area contributed by atoms with Crippen LogP contribution in [0.3, 0.4) is 0 Å². The van der Waals surface area contributed by atoms with Gasteiger partial charge >= 0.3 is 0 Å². The van der Waals surface area contributed by atoms with E-state index < -0.39 is 0 Å². The Hall–Kier alpha value is -2.53. The molecule has 0 aromatic heterocycles. The highest BCUT2D eigenvalue weighted by molar-refractivity contribution is 6.30. The van der Waals surface area contributed by atoms with Crippen LogP contribution in [0.25, 0.3) is 0 Å². The molecule has 0 saturated heterocycles. The molecule has 0 fully saturated rings. The third-order valence-electron chi connectivity index (χ3n) is 3.83. The third kappa shape index (κ3) is 3.77. The van der Waals surface area contributed by atoms with Gasteiger partial charge in [-0.3, -0.25) is 9.59 Å². The van der Waals surface area contributed by atoms with Crippen LogP contribution in [0.5, 0.6) is 11.5 Å². The summed E-state index contributed by atoms with van der Waals surface area (Å²) in [6.45, 7) is 4.47. The van der Waals surface area contributed by atoms with E-state index in [-0.39, 0.29) is 17.6 Å². The number of carbonyl (C=O) groups excluding carboxylic acids is 2. The molecular weight excluding hydrogens is 342 g/mol. The zero-order valence-electron chi connectivity index (χ0n) is 14.0. The van der Waals surface area contributed by atoms with Crippen molar-refractivity contribution in [1.82, 2.24) is 0 Å². The second-order valence-electron chi connectivity index (χ2n) is 6.02. The number of Topliss-reactive ketones (excluding diaryl/α,β-unsaturated/α-hetero) is 1. The summed E-state index contributed by atoms with van der Waals surface area (Å²) in [6, 6.07) is 9.80. The van der Waals surface area contributed by atoms with Crippen molar-refractivity contribution in [1.29, 1.82) is 0 Å². The molecule has 1 aliphatic heterocycles. The van der Waals surface area contributed by atoms with Crippen LogP contribution in [0.2, 0.25) is 5.02 Å². The Morgan fingerprint density at radius 1 is 1.04 bits per heavy atom. The third-order valence-corrected chi connectivity index (χ3v) is 4.08. The Bertz CT molecular complexity index is 815. The summed E-state index contributed by atoms with van der Waals surface area (Å²) in [5, 5.41) is 3.34. The largest absolute Gasteiger partial charge is 0.486 e. The number of nitrogens with one attached hydrogen (secondary N) is 1. The Labute approximate surface area is 150 Å². The molecule has 25 heavy (non-hydrogen) atoms. The normalized spacial score (nSPS) is 12.8. The molecule has 0 bridgehead atoms. The van der Waals surface area contributed by atoms with Crippen molar-refractivity contribution in [3.8, 4) is 11.5 Å². The molecule has 0 aliphatic carbocycles. The molecule has 1 N–H and O–H groups in total. The van der Waals surface area contributed by atoms with Crippen LogP contribution < -0.4 is 14.8 Å². The highest BCUT2D eigenvalue weighted by Crippen LogP contribution is 2.36. The van der Waals surface area contributed by atoms with Crippen LogP contribution >= 0.6 is 11.6 Å². The summed E-state index contributed by atoms with van der Waals surface area (Å²) >= 11 is 5.85. The van der Waals surface area contributed by atoms with Crippen LogP contribution in [-0.2, 0) is 0 Å². The Balaban J connectivity index is 1.96. The van der Waals surface area contributed by atoms with Crippen LogP contribution in [0, 0.1) is 5.92 Å². The fraction of sp³-hybridized carbons (Fsp3) is 0.263. The Morgan fingerprint density at radius 3 is 2.24 bits per heavy atom. The highest BCUT2D eigenvalue weighted by atomic mass is 35.5. The molecule has 1 aliphatic rings. The van der Waals surface area contributed by atoms with E-state index in [4.69, 9.17) is 21.1 Å². The zero-order chi connectivity index (χ0) is 18.0. The lowest BCUT2D eigenvalue weighted by Crippen LogP contribution is -2.20. The molecule has 1 heterocycles. The average molecular weight is 360 g/mol. The van der Waals surface area contributed by atoms with Crippen molar-refractivity contribution >= 4 is 29.0 Å². The van der Waals surface area contributed by atoms with Gasteiger partial charge in [0, 0.05) is 28.1 Å². The van der Waals surface area contributed by atoms with Gasteiger partial charge in [-0.05, 0) is 30.3 Å². The van der Waals surface area contributed by atoms with Gasteiger partial charge in [0.25, 0.3) is 5.91 Å². The Morgan fingerprint density at radius 2 is 1.64 bits per heavy atom. The summed E-state index contributed by atoms with van der Waals surface area (Å²) in [5.74, 6) is 0.404. The van der Waals surface area contributed by atoms with E-state index in [0.29, 0.717) is 46.5 Å². The summed E-state index contributed by atoms with van der Waals surface area (Å²) < 4.78 is 11.1. The van der Waals surface area contributed by atoms with Gasteiger partial charge in [0.15, 0.2) is 17.3 Å². The lowest BCUT2D eigenvalue weighted by Gasteiger charge is -2.21. The molecule has 5 nitrogen and oxygen atoms in total. The van der Waals surface area contributed by atoms with Gasteiger partial charge < -0.3 is 14.8 Å². The number of ether oxygens (including phenoxy) is 2. The van der Waals surface area contributed by atoms with Crippen LogP contribution in [0.15, 0.2) is 36.4 Å². The molecule has 2 aromatic carbocycles. The number of halogens is 1. The van der Waals surface area contributed by atoms with Crippen molar-refractivity contribution in [3.63, 3.8) is 0 Å². The smallest absolute Gasteiger partial charge is 0.255 e. The van der Waals surface area contributed by atoms with E-state index in [2.05, 4.69) is 5.32 Å². The van der Waals surface area contributed by atoms with Crippen molar-refractivity contribution in [3.05, 3.63) is 52.5 Å². The van der Waals surface area contributed by atoms with E-state index in [1.54, 1.807) is 36.4 Å². The number of fused-ring (bicyclic) bond motifs is 1. The van der Waals surface area contributed by atoms with Crippen molar-refractivity contribution in [2.24, 2.45) is 5.92 Å². The van der Waals surface area contributed by atoms with E-state index in [1.165, 1.54) is 0 Å². The molecule has 0 unspecified atom stereocenters. The standard InChI is InChI=1S/C19H18ClNO4/c1-11(2)18(22)14-9-16-17(25-8-7-24-16)10-15(14)21-19(23)12-3-5-13(20)6-4-12/h3-6,9-11H,7-8H2,1-2H3,(H,21,23). The number of benzene rings is 2. The van der Waals surface area contributed by atoms with Gasteiger partial charge in [0.05, 0.1) is 5.69 Å². The molecule has 1 amide bonds. The number of amides is 1. The van der Waals surface area contributed by atoms with E-state index in [9.17, 15) is 9.59 Å². The van der Waals surface area contributed by atoms with Gasteiger partial charge in [-0.1, -0.05) is 25.4 Å². The lowest BCUT2D eigenvalue weighted by atomic mass is 9.98. The SMILES string of the molecule is CC(C)C(=O)c1cc2c(cc1NC(=O)c1ccc(Cl)cc1)OCCO2. The summed E-state index contributed by atoms with van der Waals surface area (Å²) in [4.78, 5) is 25.0. The maximum absolute atomic E-state index is 12.5. The van der Waals surface area contributed by atoms with E-state index >= 15 is 0 Å².